The van der Waals surface area contributed by atoms with Crippen LogP contribution >= 0.6 is 0 Å². The second-order valence-electron chi connectivity index (χ2n) is 15.3. The molecule has 0 bridgehead atoms. The Morgan fingerprint density at radius 2 is 1.00 bits per heavy atom. The number of aliphatic hydroxyl groups is 5. The van der Waals surface area contributed by atoms with Crippen molar-refractivity contribution >= 4 is 6.16 Å². The van der Waals surface area contributed by atoms with Crippen LogP contribution in [0.4, 0.5) is 13.6 Å². The molecule has 2 fully saturated rings. The van der Waals surface area contributed by atoms with Crippen LogP contribution in [0.25, 0.3) is 0 Å². The summed E-state index contributed by atoms with van der Waals surface area (Å²) in [4.78, 5) is 11.5. The molecule has 10 unspecified atom stereocenters. The topological polar surface area (TPSA) is 155 Å². The first kappa shape index (κ1) is 45.8. The van der Waals surface area contributed by atoms with Crippen molar-refractivity contribution in [3.05, 3.63) is 141 Å². The Morgan fingerprint density at radius 3 is 1.41 bits per heavy atom. The number of aliphatic hydroxyl groups excluding tert-OH is 5. The lowest BCUT2D eigenvalue weighted by molar-refractivity contribution is -0.215. The molecule has 0 aromatic heterocycles. The molecule has 5 N–H and O–H groups in total. The lowest BCUT2D eigenvalue weighted by Gasteiger charge is -2.39. The van der Waals surface area contributed by atoms with Gasteiger partial charge in [0.05, 0.1) is 13.2 Å². The molecule has 4 aromatic rings. The fourth-order valence-corrected chi connectivity index (χ4v) is 7.34. The molecule has 12 heteroatoms. The molecule has 2 saturated heterocycles. The maximum atomic E-state index is 14.5. The van der Waals surface area contributed by atoms with Gasteiger partial charge in [0.15, 0.2) is 12.3 Å². The van der Waals surface area contributed by atoms with Gasteiger partial charge in [-0.15, -0.1) is 0 Å². The number of benzene rings is 4. The summed E-state index contributed by atoms with van der Waals surface area (Å²) in [7, 11) is 0. The summed E-state index contributed by atoms with van der Waals surface area (Å²) in [5.41, 5.74) is 10.5. The van der Waals surface area contributed by atoms with Crippen molar-refractivity contribution < 1.29 is 58.1 Å². The normalized spacial score (nSPS) is 26.7. The van der Waals surface area contributed by atoms with E-state index >= 15 is 0 Å². The highest BCUT2D eigenvalue weighted by Gasteiger charge is 2.47. The Hall–Kier alpha value is -4.27. The van der Waals surface area contributed by atoms with Gasteiger partial charge in [0, 0.05) is 0 Å². The van der Waals surface area contributed by atoms with Crippen LogP contribution in [-0.4, -0.2) is 100 Å². The highest BCUT2D eigenvalue weighted by atomic mass is 19.1. The van der Waals surface area contributed by atoms with E-state index in [1.165, 1.54) is 16.7 Å². The maximum absolute atomic E-state index is 14.5. The highest BCUT2D eigenvalue weighted by Crippen LogP contribution is 2.36. The summed E-state index contributed by atoms with van der Waals surface area (Å²) in [6.07, 6.45) is -11.6. The largest absolute Gasteiger partial charge is 0.508 e. The van der Waals surface area contributed by atoms with Crippen molar-refractivity contribution in [1.29, 1.82) is 0 Å². The molecule has 0 spiro atoms. The van der Waals surface area contributed by atoms with Gasteiger partial charge in [0.2, 0.25) is 0 Å². The Balaban J connectivity index is 0.000000227. The van der Waals surface area contributed by atoms with Gasteiger partial charge in [0.1, 0.15) is 55.4 Å². The van der Waals surface area contributed by atoms with E-state index in [-0.39, 0.29) is 6.61 Å². The Labute approximate surface area is 345 Å². The van der Waals surface area contributed by atoms with Crippen LogP contribution in [0.2, 0.25) is 0 Å². The zero-order valence-electron chi connectivity index (χ0n) is 34.3. The molecule has 2 aliphatic heterocycles. The van der Waals surface area contributed by atoms with Gasteiger partial charge in [-0.1, -0.05) is 98.8 Å². The van der Waals surface area contributed by atoms with Crippen LogP contribution in [0, 0.1) is 13.8 Å². The van der Waals surface area contributed by atoms with Gasteiger partial charge in [-0.05, 0) is 102 Å². The van der Waals surface area contributed by atoms with E-state index in [9.17, 15) is 39.1 Å². The quantitative estimate of drug-likeness (QED) is 0.101. The number of ether oxygens (including phenoxy) is 4. The van der Waals surface area contributed by atoms with E-state index in [4.69, 9.17) is 14.2 Å². The van der Waals surface area contributed by atoms with E-state index < -0.39 is 80.5 Å². The molecule has 10 atom stereocenters. The monoisotopic (exact) mass is 820 g/mol. The van der Waals surface area contributed by atoms with Gasteiger partial charge in [0.25, 0.3) is 0 Å². The fourth-order valence-electron chi connectivity index (χ4n) is 7.34. The second kappa shape index (κ2) is 21.3. The summed E-state index contributed by atoms with van der Waals surface area (Å²) in [6.45, 7) is 9.02. The molecule has 59 heavy (non-hydrogen) atoms. The van der Waals surface area contributed by atoms with Gasteiger partial charge in [-0.2, -0.15) is 0 Å². The Morgan fingerprint density at radius 1 is 0.593 bits per heavy atom. The van der Waals surface area contributed by atoms with Gasteiger partial charge in [-0.3, -0.25) is 0 Å². The lowest BCUT2D eigenvalue weighted by Crippen LogP contribution is -2.53. The smallest absolute Gasteiger partial charge is 0.435 e. The van der Waals surface area contributed by atoms with Crippen molar-refractivity contribution in [1.82, 2.24) is 0 Å². The summed E-state index contributed by atoms with van der Waals surface area (Å²) >= 11 is 0. The molecule has 0 amide bonds. The first-order valence-corrected chi connectivity index (χ1v) is 20.3. The van der Waals surface area contributed by atoms with Crippen molar-refractivity contribution in [3.8, 4) is 0 Å². The average molecular weight is 821 g/mol. The third-order valence-electron chi connectivity index (χ3n) is 11.2. The van der Waals surface area contributed by atoms with Crippen LogP contribution in [0.1, 0.15) is 88.6 Å². The summed E-state index contributed by atoms with van der Waals surface area (Å²) in [6, 6.07) is 28.1. The van der Waals surface area contributed by atoms with Crippen LogP contribution in [0.3, 0.4) is 0 Å². The predicted octanol–water partition coefficient (Wildman–Crippen LogP) is 6.46. The van der Waals surface area contributed by atoms with Gasteiger partial charge in [-0.25, -0.2) is 13.6 Å². The lowest BCUT2D eigenvalue weighted by atomic mass is 9.89. The fraction of sp³-hybridized carbons (Fsp3) is 0.468. The summed E-state index contributed by atoms with van der Waals surface area (Å²) in [5, 5.41) is 50.3. The van der Waals surface area contributed by atoms with E-state index in [0.29, 0.717) is 17.5 Å². The summed E-state index contributed by atoms with van der Waals surface area (Å²) in [5.74, 6) is 0. The zero-order valence-corrected chi connectivity index (χ0v) is 34.3. The number of hydrogen-bond donors (Lipinski definition) is 5. The zero-order chi connectivity index (χ0) is 42.8. The molecule has 320 valence electrons. The van der Waals surface area contributed by atoms with Crippen LogP contribution in [-0.2, 0) is 44.6 Å². The molecular formula is C47H58F2O10. The minimum Gasteiger partial charge on any atom is -0.435 e. The SMILES string of the molecule is CCOC(=O)OCC1OC(c2ccc(C)c(Cc3ccc(CC)cc3)c2)C(O)C(O)C1F.CCc1ccc(Cc2cc(C3OC(CO)C(F)C(O)C3O)ccc2C)cc1. The molecule has 2 heterocycles. The van der Waals surface area contributed by atoms with Gasteiger partial charge >= 0.3 is 6.16 Å². The van der Waals surface area contributed by atoms with E-state index in [0.717, 1.165) is 47.1 Å². The molecule has 4 aromatic carbocycles. The Kier molecular flexibility index (Phi) is 16.5. The molecule has 0 aliphatic carbocycles. The van der Waals surface area contributed by atoms with E-state index in [2.05, 4.69) is 67.1 Å². The minimum absolute atomic E-state index is 0.126. The average Bonchev–Trinajstić information content (AvgIpc) is 3.24. The van der Waals surface area contributed by atoms with Crippen molar-refractivity contribution in [3.63, 3.8) is 0 Å². The Bertz CT molecular complexity index is 1940. The minimum atomic E-state index is -1.90. The molecule has 0 saturated carbocycles. The standard InChI is InChI=1S/C25H31FO6.C22H27FO4/c1-4-16-7-9-17(10-8-16)12-19-13-18(11-6-15(19)3)24-23(28)22(27)21(26)20(32-24)14-31-25(29)30-5-2;1-3-14-5-7-15(8-6-14)10-17-11-16(9-4-13(17)2)22-21(26)20(25)19(23)18(12-24)27-22/h6-11,13,20-24,27-28H,4-5,12,14H2,1-3H3;4-9,11,18-22,24-26H,3,10,12H2,1-2H3. The van der Waals surface area contributed by atoms with E-state index in [1.54, 1.807) is 13.0 Å². The highest BCUT2D eigenvalue weighted by molar-refractivity contribution is 5.59. The van der Waals surface area contributed by atoms with Crippen molar-refractivity contribution in [2.45, 2.75) is 121 Å². The number of aryl methyl sites for hydroxylation is 4. The first-order valence-electron chi connectivity index (χ1n) is 20.3. The number of carbonyl (C=O) groups excluding carboxylic acids is 1. The van der Waals surface area contributed by atoms with Crippen LogP contribution < -0.4 is 0 Å². The second-order valence-corrected chi connectivity index (χ2v) is 15.3. The van der Waals surface area contributed by atoms with Crippen LogP contribution in [0.15, 0.2) is 84.9 Å². The molecule has 6 rings (SSSR count). The molecule has 10 nitrogen and oxygen atoms in total. The molecule has 0 radical (unpaired) electrons. The number of carbonyl (C=O) groups is 1. The van der Waals surface area contributed by atoms with Crippen molar-refractivity contribution in [2.75, 3.05) is 19.8 Å². The number of rotatable bonds is 12. The number of alkyl halides is 2. The summed E-state index contributed by atoms with van der Waals surface area (Å²) < 4.78 is 49.4. The maximum Gasteiger partial charge on any atom is 0.508 e. The predicted molar refractivity (Wildman–Crippen MR) is 219 cm³/mol. The third kappa shape index (κ3) is 11.5. The molecular weight excluding hydrogens is 763 g/mol. The third-order valence-corrected chi connectivity index (χ3v) is 11.2. The number of hydrogen-bond acceptors (Lipinski definition) is 10. The van der Waals surface area contributed by atoms with Crippen LogP contribution in [0.5, 0.6) is 0 Å². The van der Waals surface area contributed by atoms with Gasteiger partial charge < -0.3 is 44.5 Å². The molecule has 2 aliphatic rings. The van der Waals surface area contributed by atoms with Crippen molar-refractivity contribution in [2.24, 2.45) is 0 Å². The first-order chi connectivity index (χ1) is 28.3. The van der Waals surface area contributed by atoms with E-state index in [1.807, 2.05) is 44.2 Å². The number of halogens is 2.